The van der Waals surface area contributed by atoms with Gasteiger partial charge >= 0.3 is 0 Å². The van der Waals surface area contributed by atoms with Crippen LogP contribution < -0.4 is 30.6 Å². The molecular formula is C25H26N6O4. The third-order valence-electron chi connectivity index (χ3n) is 5.20. The number of fused-ring (bicyclic) bond motifs is 1. The van der Waals surface area contributed by atoms with E-state index >= 15 is 0 Å². The Morgan fingerprint density at radius 2 is 1.94 bits per heavy atom. The molecule has 35 heavy (non-hydrogen) atoms. The molecule has 1 amide bonds. The average molecular weight is 475 g/mol. The lowest BCUT2D eigenvalue weighted by molar-refractivity contribution is -0.119. The number of nitrogens with two attached hydrogens (primary N) is 1. The normalized spacial score (nSPS) is 12.6. The summed E-state index contributed by atoms with van der Waals surface area (Å²) in [4.78, 5) is 20.9. The molecule has 4 rings (SSSR count). The Labute approximate surface area is 203 Å². The highest BCUT2D eigenvalue weighted by molar-refractivity contribution is 5.82. The first-order valence-corrected chi connectivity index (χ1v) is 11.1. The highest BCUT2D eigenvalue weighted by atomic mass is 16.7. The number of carbonyl (C=O) groups excluding carboxylic acids is 1. The van der Waals surface area contributed by atoms with Gasteiger partial charge in [0.1, 0.15) is 18.7 Å². The molecule has 0 spiro atoms. The van der Waals surface area contributed by atoms with Gasteiger partial charge in [-0.15, -0.1) is 0 Å². The summed E-state index contributed by atoms with van der Waals surface area (Å²) in [6.07, 6.45) is 0.490. The van der Waals surface area contributed by atoms with E-state index in [-0.39, 0.29) is 42.5 Å². The van der Waals surface area contributed by atoms with Crippen LogP contribution in [0, 0.1) is 17.2 Å². The minimum absolute atomic E-state index is 0.0739. The number of nitrogens with zero attached hydrogens (tertiary/aromatic N) is 3. The summed E-state index contributed by atoms with van der Waals surface area (Å²) in [6.45, 7) is 4.31. The van der Waals surface area contributed by atoms with Crippen molar-refractivity contribution in [2.24, 2.45) is 11.7 Å². The molecule has 1 atom stereocenters. The standard InChI is InChI=1S/C25H26N6O4/c1-15(2)10-19(22(27)32)29-25-30-23(28-17-8-9-20-21(11-17)35-14-34-20)18(12-26)24(31-25)33-13-16-6-4-3-5-7-16/h3-9,11,15,19H,10,13-14H2,1-2H3,(H2,27,32)(H2,28,29,30,31)/t19-/m1/s1. The lowest BCUT2D eigenvalue weighted by Gasteiger charge is -2.19. The first-order chi connectivity index (χ1) is 16.9. The second kappa shape index (κ2) is 10.6. The van der Waals surface area contributed by atoms with Crippen molar-refractivity contribution in [3.8, 4) is 23.4 Å². The number of carbonyl (C=O) groups is 1. The van der Waals surface area contributed by atoms with Crippen molar-refractivity contribution in [2.75, 3.05) is 17.4 Å². The van der Waals surface area contributed by atoms with Gasteiger partial charge in [0.25, 0.3) is 0 Å². The van der Waals surface area contributed by atoms with Crippen molar-refractivity contribution in [3.05, 3.63) is 59.7 Å². The van der Waals surface area contributed by atoms with E-state index < -0.39 is 11.9 Å². The van der Waals surface area contributed by atoms with Crippen molar-refractivity contribution in [3.63, 3.8) is 0 Å². The summed E-state index contributed by atoms with van der Waals surface area (Å²) in [5, 5.41) is 16.0. The van der Waals surface area contributed by atoms with Crippen molar-refractivity contribution in [1.29, 1.82) is 5.26 Å². The van der Waals surface area contributed by atoms with Gasteiger partial charge in [0.2, 0.25) is 24.5 Å². The summed E-state index contributed by atoms with van der Waals surface area (Å²) in [7, 11) is 0. The Kier molecular flexibility index (Phi) is 7.16. The predicted octanol–water partition coefficient (Wildman–Crippen LogP) is 3.71. The predicted molar refractivity (Wildman–Crippen MR) is 129 cm³/mol. The Morgan fingerprint density at radius 1 is 1.17 bits per heavy atom. The first kappa shape index (κ1) is 23.6. The number of primary amides is 1. The topological polar surface area (TPSA) is 144 Å². The quantitative estimate of drug-likeness (QED) is 0.400. The van der Waals surface area contributed by atoms with Gasteiger partial charge in [-0.3, -0.25) is 4.79 Å². The van der Waals surface area contributed by atoms with E-state index in [2.05, 4.69) is 26.7 Å². The first-order valence-electron chi connectivity index (χ1n) is 11.1. The summed E-state index contributed by atoms with van der Waals surface area (Å²) >= 11 is 0. The van der Waals surface area contributed by atoms with Crippen LogP contribution in [-0.4, -0.2) is 28.7 Å². The van der Waals surface area contributed by atoms with Crippen LogP contribution in [0.4, 0.5) is 17.5 Å². The minimum Gasteiger partial charge on any atom is -0.472 e. The fourth-order valence-corrected chi connectivity index (χ4v) is 3.51. The number of hydrogen-bond acceptors (Lipinski definition) is 9. The van der Waals surface area contributed by atoms with E-state index in [0.717, 1.165) is 5.56 Å². The zero-order chi connectivity index (χ0) is 24.8. The van der Waals surface area contributed by atoms with Crippen molar-refractivity contribution < 1.29 is 19.0 Å². The highest BCUT2D eigenvalue weighted by Gasteiger charge is 2.22. The van der Waals surface area contributed by atoms with Crippen molar-refractivity contribution in [1.82, 2.24) is 9.97 Å². The summed E-state index contributed by atoms with van der Waals surface area (Å²) in [6, 6.07) is 16.2. The van der Waals surface area contributed by atoms with E-state index in [4.69, 9.17) is 19.9 Å². The second-order valence-electron chi connectivity index (χ2n) is 8.38. The number of amides is 1. The molecule has 0 saturated heterocycles. The summed E-state index contributed by atoms with van der Waals surface area (Å²) in [5.41, 5.74) is 7.24. The molecule has 10 nitrogen and oxygen atoms in total. The zero-order valence-corrected chi connectivity index (χ0v) is 19.4. The molecular weight excluding hydrogens is 448 g/mol. The molecule has 1 aromatic heterocycles. The van der Waals surface area contributed by atoms with E-state index in [1.165, 1.54) is 0 Å². The molecule has 2 heterocycles. The van der Waals surface area contributed by atoms with Crippen LogP contribution in [0.1, 0.15) is 31.4 Å². The van der Waals surface area contributed by atoms with E-state index in [0.29, 0.717) is 23.6 Å². The number of nitrogens with one attached hydrogen (secondary N) is 2. The third-order valence-corrected chi connectivity index (χ3v) is 5.20. The smallest absolute Gasteiger partial charge is 0.240 e. The van der Waals surface area contributed by atoms with E-state index in [9.17, 15) is 10.1 Å². The SMILES string of the molecule is CC(C)C[C@@H](Nc1nc(Nc2ccc3c(c2)OCO3)c(C#N)c(OCc2ccccc2)n1)C(N)=O. The van der Waals surface area contributed by atoms with Gasteiger partial charge in [-0.1, -0.05) is 44.2 Å². The lowest BCUT2D eigenvalue weighted by Crippen LogP contribution is -2.37. The molecule has 0 unspecified atom stereocenters. The maximum absolute atomic E-state index is 12.0. The zero-order valence-electron chi connectivity index (χ0n) is 19.4. The Bertz CT molecular complexity index is 1240. The van der Waals surface area contributed by atoms with Gasteiger partial charge in [-0.25, -0.2) is 0 Å². The average Bonchev–Trinajstić information content (AvgIpc) is 3.30. The molecule has 4 N–H and O–H groups in total. The van der Waals surface area contributed by atoms with Crippen molar-refractivity contribution in [2.45, 2.75) is 32.9 Å². The number of nitriles is 1. The van der Waals surface area contributed by atoms with Crippen LogP contribution in [0.5, 0.6) is 17.4 Å². The molecule has 0 radical (unpaired) electrons. The number of hydrogen-bond donors (Lipinski definition) is 3. The van der Waals surface area contributed by atoms with Crippen molar-refractivity contribution >= 4 is 23.4 Å². The fourth-order valence-electron chi connectivity index (χ4n) is 3.51. The Balaban J connectivity index is 1.68. The van der Waals surface area contributed by atoms with Crippen LogP contribution in [0.3, 0.4) is 0 Å². The van der Waals surface area contributed by atoms with Gasteiger partial charge in [-0.05, 0) is 30.0 Å². The summed E-state index contributed by atoms with van der Waals surface area (Å²) < 4.78 is 16.7. The van der Waals surface area contributed by atoms with E-state index in [1.54, 1.807) is 18.2 Å². The van der Waals surface area contributed by atoms with E-state index in [1.807, 2.05) is 44.2 Å². The second-order valence-corrected chi connectivity index (χ2v) is 8.38. The lowest BCUT2D eigenvalue weighted by atomic mass is 10.0. The third kappa shape index (κ3) is 5.89. The molecule has 1 aliphatic heterocycles. The molecule has 2 aromatic carbocycles. The minimum atomic E-state index is -0.691. The molecule has 1 aliphatic rings. The molecule has 0 bridgehead atoms. The largest absolute Gasteiger partial charge is 0.472 e. The monoisotopic (exact) mass is 474 g/mol. The number of ether oxygens (including phenoxy) is 3. The molecule has 10 heteroatoms. The van der Waals surface area contributed by atoms with Crippen LogP contribution >= 0.6 is 0 Å². The maximum atomic E-state index is 12.0. The number of rotatable bonds is 10. The maximum Gasteiger partial charge on any atom is 0.240 e. The van der Waals surface area contributed by atoms with Gasteiger partial charge in [0.05, 0.1) is 0 Å². The highest BCUT2D eigenvalue weighted by Crippen LogP contribution is 2.36. The van der Waals surface area contributed by atoms with Gasteiger partial charge < -0.3 is 30.6 Å². The Hall–Kier alpha value is -4.52. The number of benzene rings is 2. The van der Waals surface area contributed by atoms with Crippen LogP contribution in [0.25, 0.3) is 0 Å². The van der Waals surface area contributed by atoms with Gasteiger partial charge in [0, 0.05) is 11.8 Å². The molecule has 0 fully saturated rings. The Morgan fingerprint density at radius 3 is 2.66 bits per heavy atom. The number of aromatic nitrogens is 2. The van der Waals surface area contributed by atoms with Crippen LogP contribution in [0.2, 0.25) is 0 Å². The molecule has 0 aliphatic carbocycles. The summed E-state index contributed by atoms with van der Waals surface area (Å²) in [5.74, 6) is 1.28. The van der Waals surface area contributed by atoms with Crippen LogP contribution in [-0.2, 0) is 11.4 Å². The fraction of sp³-hybridized carbons (Fsp3) is 0.280. The van der Waals surface area contributed by atoms with Gasteiger partial charge in [-0.2, -0.15) is 15.2 Å². The molecule has 0 saturated carbocycles. The van der Waals surface area contributed by atoms with Crippen LogP contribution in [0.15, 0.2) is 48.5 Å². The molecule has 3 aromatic rings. The number of anilines is 3. The molecule has 180 valence electrons. The van der Waals surface area contributed by atoms with Gasteiger partial charge in [0.15, 0.2) is 22.9 Å².